The van der Waals surface area contributed by atoms with E-state index < -0.39 is 17.8 Å². The summed E-state index contributed by atoms with van der Waals surface area (Å²) in [5.41, 5.74) is -1.73. The molecule has 2 rings (SSSR count). The minimum Gasteiger partial charge on any atom is -0.481 e. The molecule has 0 saturated heterocycles. The second kappa shape index (κ2) is 7.55. The highest BCUT2D eigenvalue weighted by Crippen LogP contribution is 2.30. The van der Waals surface area contributed by atoms with Crippen molar-refractivity contribution < 1.29 is 32.5 Å². The third-order valence-electron chi connectivity index (χ3n) is 2.91. The molecule has 1 N–H and O–H groups in total. The first-order valence-electron chi connectivity index (χ1n) is 6.65. The summed E-state index contributed by atoms with van der Waals surface area (Å²) in [6.07, 6.45) is -4.67. The number of carboxylic acids is 1. The highest BCUT2D eigenvalue weighted by molar-refractivity contribution is 7.98. The van der Waals surface area contributed by atoms with Gasteiger partial charge < -0.3 is 14.6 Å². The van der Waals surface area contributed by atoms with Crippen molar-refractivity contribution in [2.75, 3.05) is 14.2 Å². The number of aromatic carboxylic acids is 1. The molecule has 0 aromatic carbocycles. The number of rotatable bonds is 6. The molecule has 7 nitrogen and oxygen atoms in total. The molecule has 0 atom stereocenters. The van der Waals surface area contributed by atoms with Crippen LogP contribution in [0.25, 0.3) is 0 Å². The number of hydrogen-bond donors (Lipinski definition) is 1. The Bertz CT molecular complexity index is 764. The molecule has 0 aliphatic heterocycles. The van der Waals surface area contributed by atoms with Gasteiger partial charge in [0.05, 0.1) is 31.5 Å². The van der Waals surface area contributed by atoms with Crippen LogP contribution in [0.5, 0.6) is 11.8 Å². The SMILES string of the molecule is COc1cc(OC)nc(SCc2nc(C(F)(F)F)ccc2C(=O)O)n1. The van der Waals surface area contributed by atoms with Gasteiger partial charge in [-0.3, -0.25) is 0 Å². The van der Waals surface area contributed by atoms with Crippen LogP contribution < -0.4 is 9.47 Å². The van der Waals surface area contributed by atoms with Crippen molar-refractivity contribution in [1.29, 1.82) is 0 Å². The van der Waals surface area contributed by atoms with Crippen molar-refractivity contribution in [2.45, 2.75) is 17.1 Å². The number of pyridine rings is 1. The smallest absolute Gasteiger partial charge is 0.433 e. The van der Waals surface area contributed by atoms with Crippen molar-refractivity contribution in [3.63, 3.8) is 0 Å². The van der Waals surface area contributed by atoms with Crippen LogP contribution in [0, 0.1) is 0 Å². The van der Waals surface area contributed by atoms with Gasteiger partial charge in [0.1, 0.15) is 5.69 Å². The Kier molecular flexibility index (Phi) is 5.67. The summed E-state index contributed by atoms with van der Waals surface area (Å²) in [7, 11) is 2.76. The van der Waals surface area contributed by atoms with Crippen molar-refractivity contribution in [3.05, 3.63) is 35.2 Å². The van der Waals surface area contributed by atoms with E-state index in [1.54, 1.807) is 0 Å². The summed E-state index contributed by atoms with van der Waals surface area (Å²) < 4.78 is 48.3. The number of ether oxygens (including phenoxy) is 2. The Balaban J connectivity index is 2.31. The van der Waals surface area contributed by atoms with Gasteiger partial charge in [-0.2, -0.15) is 23.1 Å². The van der Waals surface area contributed by atoms with Crippen molar-refractivity contribution >= 4 is 17.7 Å². The van der Waals surface area contributed by atoms with Gasteiger partial charge in [0, 0.05) is 5.75 Å². The van der Waals surface area contributed by atoms with Gasteiger partial charge in [-0.15, -0.1) is 0 Å². The van der Waals surface area contributed by atoms with E-state index in [2.05, 4.69) is 15.0 Å². The molecule has 0 amide bonds. The molecule has 11 heteroatoms. The maximum absolute atomic E-state index is 12.8. The van der Waals surface area contributed by atoms with Gasteiger partial charge in [0.15, 0.2) is 5.16 Å². The Morgan fingerprint density at radius 2 is 1.76 bits per heavy atom. The molecule has 0 fully saturated rings. The number of nitrogens with zero attached hydrogens (tertiary/aromatic N) is 3. The van der Waals surface area contributed by atoms with E-state index >= 15 is 0 Å². The third kappa shape index (κ3) is 4.72. The molecule has 2 aromatic heterocycles. The van der Waals surface area contributed by atoms with Crippen LogP contribution >= 0.6 is 11.8 Å². The molecule has 0 aliphatic carbocycles. The fourth-order valence-electron chi connectivity index (χ4n) is 1.75. The second-order valence-electron chi connectivity index (χ2n) is 4.52. The Hall–Kier alpha value is -2.56. The van der Waals surface area contributed by atoms with Crippen LogP contribution in [-0.2, 0) is 11.9 Å². The summed E-state index contributed by atoms with van der Waals surface area (Å²) in [5.74, 6) is -1.16. The average molecular weight is 375 g/mol. The first-order chi connectivity index (χ1) is 11.7. The number of thioether (sulfide) groups is 1. The maximum atomic E-state index is 12.8. The summed E-state index contributed by atoms with van der Waals surface area (Å²) in [6, 6.07) is 2.93. The van der Waals surface area contributed by atoms with Crippen LogP contribution in [0.3, 0.4) is 0 Å². The quantitative estimate of drug-likeness (QED) is 0.608. The lowest BCUT2D eigenvalue weighted by atomic mass is 10.2. The molecular weight excluding hydrogens is 363 g/mol. The van der Waals surface area contributed by atoms with E-state index in [0.717, 1.165) is 17.8 Å². The molecule has 0 spiro atoms. The van der Waals surface area contributed by atoms with Crippen LogP contribution in [0.4, 0.5) is 13.2 Å². The summed E-state index contributed by atoms with van der Waals surface area (Å²) in [4.78, 5) is 22.6. The minimum absolute atomic E-state index is 0.145. The predicted molar refractivity (Wildman–Crippen MR) is 80.9 cm³/mol. The van der Waals surface area contributed by atoms with Crippen LogP contribution in [0.15, 0.2) is 23.4 Å². The fourth-order valence-corrected chi connectivity index (χ4v) is 2.55. The molecule has 0 radical (unpaired) electrons. The third-order valence-corrected chi connectivity index (χ3v) is 3.77. The fraction of sp³-hybridized carbons (Fsp3) is 0.286. The summed E-state index contributed by atoms with van der Waals surface area (Å²) >= 11 is 0.908. The Morgan fingerprint density at radius 3 is 2.24 bits per heavy atom. The lowest BCUT2D eigenvalue weighted by Gasteiger charge is -2.10. The van der Waals surface area contributed by atoms with E-state index in [9.17, 15) is 18.0 Å². The van der Waals surface area contributed by atoms with E-state index in [0.29, 0.717) is 6.07 Å². The first-order valence-corrected chi connectivity index (χ1v) is 7.63. The van der Waals surface area contributed by atoms with Gasteiger partial charge in [0.25, 0.3) is 0 Å². The molecule has 25 heavy (non-hydrogen) atoms. The minimum atomic E-state index is -4.67. The van der Waals surface area contributed by atoms with Crippen LogP contribution in [-0.4, -0.2) is 40.2 Å². The predicted octanol–water partition coefficient (Wildman–Crippen LogP) is 2.90. The van der Waals surface area contributed by atoms with E-state index in [1.165, 1.54) is 20.3 Å². The van der Waals surface area contributed by atoms with Crippen molar-refractivity contribution in [2.24, 2.45) is 0 Å². The van der Waals surface area contributed by atoms with Crippen LogP contribution in [0.2, 0.25) is 0 Å². The molecular formula is C14H12F3N3O4S. The molecule has 2 heterocycles. The number of aromatic nitrogens is 3. The maximum Gasteiger partial charge on any atom is 0.433 e. The van der Waals surface area contributed by atoms with Crippen molar-refractivity contribution in [3.8, 4) is 11.8 Å². The number of methoxy groups -OCH3 is 2. The largest absolute Gasteiger partial charge is 0.481 e. The Labute approximate surface area is 144 Å². The number of carbonyl (C=O) groups is 1. The molecule has 0 unspecified atom stereocenters. The van der Waals surface area contributed by atoms with Crippen LogP contribution in [0.1, 0.15) is 21.7 Å². The number of hydrogen-bond acceptors (Lipinski definition) is 7. The number of carboxylic acid groups (broad SMARTS) is 1. The van der Waals surface area contributed by atoms with E-state index in [-0.39, 0.29) is 33.9 Å². The van der Waals surface area contributed by atoms with Gasteiger partial charge in [0.2, 0.25) is 11.8 Å². The molecule has 0 aliphatic rings. The normalized spacial score (nSPS) is 11.2. The second-order valence-corrected chi connectivity index (χ2v) is 5.46. The average Bonchev–Trinajstić information content (AvgIpc) is 2.58. The highest BCUT2D eigenvalue weighted by atomic mass is 32.2. The topological polar surface area (TPSA) is 94.4 Å². The lowest BCUT2D eigenvalue weighted by Crippen LogP contribution is -2.13. The van der Waals surface area contributed by atoms with Gasteiger partial charge in [-0.1, -0.05) is 11.8 Å². The zero-order chi connectivity index (χ0) is 18.6. The molecule has 2 aromatic rings. The lowest BCUT2D eigenvalue weighted by molar-refractivity contribution is -0.141. The van der Waals surface area contributed by atoms with Crippen molar-refractivity contribution in [1.82, 2.24) is 15.0 Å². The number of halogens is 3. The number of alkyl halides is 3. The van der Waals surface area contributed by atoms with Gasteiger partial charge >= 0.3 is 12.1 Å². The zero-order valence-corrected chi connectivity index (χ0v) is 13.8. The Morgan fingerprint density at radius 1 is 1.16 bits per heavy atom. The molecule has 134 valence electrons. The van der Waals surface area contributed by atoms with Gasteiger partial charge in [-0.05, 0) is 12.1 Å². The first kappa shape index (κ1) is 18.8. The molecule has 0 bridgehead atoms. The zero-order valence-electron chi connectivity index (χ0n) is 13.0. The van der Waals surface area contributed by atoms with E-state index in [1.807, 2.05) is 0 Å². The standard InChI is InChI=1S/C14H12F3N3O4S/c1-23-10-5-11(24-2)20-13(19-10)25-6-8-7(12(21)22)3-4-9(18-8)14(15,16)17/h3-5H,6H2,1-2H3,(H,21,22). The monoisotopic (exact) mass is 375 g/mol. The van der Waals surface area contributed by atoms with E-state index in [4.69, 9.17) is 14.6 Å². The highest BCUT2D eigenvalue weighted by Gasteiger charge is 2.33. The van der Waals surface area contributed by atoms with Gasteiger partial charge in [-0.25, -0.2) is 9.78 Å². The summed E-state index contributed by atoms with van der Waals surface area (Å²) in [6.45, 7) is 0. The summed E-state index contributed by atoms with van der Waals surface area (Å²) in [5, 5.41) is 9.26. The molecule has 0 saturated carbocycles.